The summed E-state index contributed by atoms with van der Waals surface area (Å²) in [5.74, 6) is 0.150. The molecule has 0 amide bonds. The van der Waals surface area contributed by atoms with Crippen molar-refractivity contribution in [3.8, 4) is 16.9 Å². The number of hydrogen-bond donors (Lipinski definition) is 0. The first-order chi connectivity index (χ1) is 9.29. The van der Waals surface area contributed by atoms with Crippen molar-refractivity contribution in [3.63, 3.8) is 0 Å². The first kappa shape index (κ1) is 12.9. The Labute approximate surface area is 112 Å². The lowest BCUT2D eigenvalue weighted by molar-refractivity contribution is -0.144. The molecule has 3 heteroatoms. The summed E-state index contributed by atoms with van der Waals surface area (Å²) in [7, 11) is 0. The first-order valence-corrected chi connectivity index (χ1v) is 5.87. The molecule has 0 heterocycles. The summed E-state index contributed by atoms with van der Waals surface area (Å²) in [6.45, 7) is 3.19. The van der Waals surface area contributed by atoms with Gasteiger partial charge < -0.3 is 9.47 Å². The van der Waals surface area contributed by atoms with E-state index < -0.39 is 5.97 Å². The Kier molecular flexibility index (Phi) is 4.34. The normalized spacial score (nSPS) is 9.68. The molecule has 0 spiro atoms. The summed E-state index contributed by atoms with van der Waals surface area (Å²) < 4.78 is 10.0. The van der Waals surface area contributed by atoms with Gasteiger partial charge in [-0.2, -0.15) is 0 Å². The highest BCUT2D eigenvalue weighted by molar-refractivity contribution is 5.81. The van der Waals surface area contributed by atoms with Gasteiger partial charge in [-0.3, -0.25) is 0 Å². The Morgan fingerprint density at radius 2 is 1.63 bits per heavy atom. The second-order valence-corrected chi connectivity index (χ2v) is 3.82. The van der Waals surface area contributed by atoms with Crippen molar-refractivity contribution >= 4 is 5.97 Å². The second kappa shape index (κ2) is 6.40. The number of hydrogen-bond acceptors (Lipinski definition) is 3. The Balaban J connectivity index is 1.95. The van der Waals surface area contributed by atoms with Crippen molar-refractivity contribution in [1.29, 1.82) is 0 Å². The largest absolute Gasteiger partial charge is 0.457 e. The Hall–Kier alpha value is -2.55. The highest BCUT2D eigenvalue weighted by atomic mass is 16.7. The molecule has 0 aliphatic heterocycles. The number of carbonyl (C=O) groups is 1. The molecule has 3 nitrogen and oxygen atoms in total. The van der Waals surface area contributed by atoms with Crippen LogP contribution in [0.15, 0.2) is 67.3 Å². The SMILES string of the molecule is C=CC(=O)OCOc1ccc(-c2ccccc2)cc1. The summed E-state index contributed by atoms with van der Waals surface area (Å²) in [6.07, 6.45) is 1.10. The van der Waals surface area contributed by atoms with E-state index in [-0.39, 0.29) is 6.79 Å². The summed E-state index contributed by atoms with van der Waals surface area (Å²) >= 11 is 0. The predicted molar refractivity (Wildman–Crippen MR) is 73.7 cm³/mol. The number of rotatable bonds is 5. The Morgan fingerprint density at radius 1 is 1.00 bits per heavy atom. The molecule has 0 radical (unpaired) electrons. The van der Waals surface area contributed by atoms with Crippen LogP contribution in [0.25, 0.3) is 11.1 Å². The van der Waals surface area contributed by atoms with E-state index >= 15 is 0 Å². The quantitative estimate of drug-likeness (QED) is 0.466. The molecule has 0 aromatic heterocycles. The molecule has 2 aromatic rings. The zero-order valence-electron chi connectivity index (χ0n) is 10.4. The van der Waals surface area contributed by atoms with Gasteiger partial charge in [0, 0.05) is 6.08 Å². The molecule has 0 bridgehead atoms. The number of carbonyl (C=O) groups excluding carboxylic acids is 1. The van der Waals surface area contributed by atoms with Crippen LogP contribution in [0.1, 0.15) is 0 Å². The van der Waals surface area contributed by atoms with Crippen molar-refractivity contribution < 1.29 is 14.3 Å². The summed E-state index contributed by atoms with van der Waals surface area (Å²) in [4.78, 5) is 10.8. The van der Waals surface area contributed by atoms with Crippen molar-refractivity contribution in [2.75, 3.05) is 6.79 Å². The topological polar surface area (TPSA) is 35.5 Å². The van der Waals surface area contributed by atoms with E-state index in [0.29, 0.717) is 5.75 Å². The number of benzene rings is 2. The van der Waals surface area contributed by atoms with Gasteiger partial charge in [-0.05, 0) is 23.3 Å². The molecule has 19 heavy (non-hydrogen) atoms. The standard InChI is InChI=1S/C16H14O3/c1-2-16(17)19-12-18-15-10-8-14(9-11-15)13-6-4-3-5-7-13/h2-11H,1,12H2. The first-order valence-electron chi connectivity index (χ1n) is 5.87. The van der Waals surface area contributed by atoms with Crippen LogP contribution in [0.5, 0.6) is 5.75 Å². The van der Waals surface area contributed by atoms with Gasteiger partial charge in [0.1, 0.15) is 5.75 Å². The van der Waals surface area contributed by atoms with E-state index in [4.69, 9.17) is 9.47 Å². The van der Waals surface area contributed by atoms with Gasteiger partial charge in [0.15, 0.2) is 0 Å². The fourth-order valence-electron chi connectivity index (χ4n) is 1.59. The lowest BCUT2D eigenvalue weighted by atomic mass is 10.1. The molecule has 96 valence electrons. The third-order valence-corrected chi connectivity index (χ3v) is 2.55. The minimum atomic E-state index is -0.499. The third-order valence-electron chi connectivity index (χ3n) is 2.55. The monoisotopic (exact) mass is 254 g/mol. The van der Waals surface area contributed by atoms with Crippen LogP contribution in [0.4, 0.5) is 0 Å². The second-order valence-electron chi connectivity index (χ2n) is 3.82. The molecule has 0 saturated heterocycles. The maximum Gasteiger partial charge on any atom is 0.333 e. The van der Waals surface area contributed by atoms with E-state index in [2.05, 4.69) is 6.58 Å². The van der Waals surface area contributed by atoms with Gasteiger partial charge in [-0.1, -0.05) is 49.0 Å². The fourth-order valence-corrected chi connectivity index (χ4v) is 1.59. The van der Waals surface area contributed by atoms with E-state index in [1.807, 2.05) is 54.6 Å². The van der Waals surface area contributed by atoms with E-state index in [0.717, 1.165) is 17.2 Å². The maximum atomic E-state index is 10.8. The lowest BCUT2D eigenvalue weighted by Gasteiger charge is -2.07. The van der Waals surface area contributed by atoms with Crippen molar-refractivity contribution in [1.82, 2.24) is 0 Å². The Morgan fingerprint density at radius 3 is 2.26 bits per heavy atom. The molecule has 2 rings (SSSR count). The van der Waals surface area contributed by atoms with Crippen LogP contribution in [0.2, 0.25) is 0 Å². The van der Waals surface area contributed by atoms with Gasteiger partial charge in [0.05, 0.1) is 0 Å². The van der Waals surface area contributed by atoms with Gasteiger partial charge in [-0.25, -0.2) is 4.79 Å². The molecule has 0 unspecified atom stereocenters. The summed E-state index contributed by atoms with van der Waals surface area (Å²) in [5, 5.41) is 0. The van der Waals surface area contributed by atoms with Gasteiger partial charge >= 0.3 is 5.97 Å². The summed E-state index contributed by atoms with van der Waals surface area (Å²) in [6, 6.07) is 17.6. The van der Waals surface area contributed by atoms with Crippen LogP contribution < -0.4 is 4.74 Å². The average Bonchev–Trinajstić information content (AvgIpc) is 2.48. The molecular formula is C16H14O3. The Bertz CT molecular complexity index is 544. The summed E-state index contributed by atoms with van der Waals surface area (Å²) in [5.41, 5.74) is 2.25. The zero-order chi connectivity index (χ0) is 13.5. The highest BCUT2D eigenvalue weighted by Gasteiger charge is 1.99. The molecule has 0 aliphatic rings. The number of esters is 1. The van der Waals surface area contributed by atoms with Crippen molar-refractivity contribution in [2.45, 2.75) is 0 Å². The predicted octanol–water partition coefficient (Wildman–Crippen LogP) is 3.42. The average molecular weight is 254 g/mol. The molecule has 0 fully saturated rings. The molecular weight excluding hydrogens is 240 g/mol. The lowest BCUT2D eigenvalue weighted by Crippen LogP contribution is -2.07. The van der Waals surface area contributed by atoms with E-state index in [1.54, 1.807) is 0 Å². The van der Waals surface area contributed by atoms with E-state index in [1.165, 1.54) is 0 Å². The van der Waals surface area contributed by atoms with Gasteiger partial charge in [-0.15, -0.1) is 0 Å². The molecule has 0 N–H and O–H groups in total. The fraction of sp³-hybridized carbons (Fsp3) is 0.0625. The van der Waals surface area contributed by atoms with Crippen LogP contribution in [0, 0.1) is 0 Å². The van der Waals surface area contributed by atoms with Gasteiger partial charge in [0.25, 0.3) is 0 Å². The molecule has 0 saturated carbocycles. The van der Waals surface area contributed by atoms with Crippen molar-refractivity contribution in [2.24, 2.45) is 0 Å². The molecule has 2 aromatic carbocycles. The smallest absolute Gasteiger partial charge is 0.333 e. The van der Waals surface area contributed by atoms with Crippen LogP contribution in [-0.2, 0) is 9.53 Å². The van der Waals surface area contributed by atoms with Crippen molar-refractivity contribution in [3.05, 3.63) is 67.3 Å². The minimum Gasteiger partial charge on any atom is -0.457 e. The number of ether oxygens (including phenoxy) is 2. The van der Waals surface area contributed by atoms with Crippen LogP contribution in [0.3, 0.4) is 0 Å². The molecule has 0 atom stereocenters. The van der Waals surface area contributed by atoms with E-state index in [9.17, 15) is 4.79 Å². The highest BCUT2D eigenvalue weighted by Crippen LogP contribution is 2.21. The van der Waals surface area contributed by atoms with Crippen LogP contribution in [-0.4, -0.2) is 12.8 Å². The minimum absolute atomic E-state index is 0.116. The molecule has 0 aliphatic carbocycles. The maximum absolute atomic E-state index is 10.8. The van der Waals surface area contributed by atoms with Gasteiger partial charge in [0.2, 0.25) is 6.79 Å². The third kappa shape index (κ3) is 3.71. The zero-order valence-corrected chi connectivity index (χ0v) is 10.4. The van der Waals surface area contributed by atoms with Crippen LogP contribution >= 0.6 is 0 Å².